The summed E-state index contributed by atoms with van der Waals surface area (Å²) < 4.78 is 0. The van der Waals surface area contributed by atoms with Gasteiger partial charge in [-0.15, -0.1) is 0 Å². The maximum Gasteiger partial charge on any atom is 0.0223 e. The lowest BCUT2D eigenvalue weighted by Gasteiger charge is -2.31. The molecule has 3 atom stereocenters. The second kappa shape index (κ2) is 4.66. The van der Waals surface area contributed by atoms with Crippen LogP contribution in [0.1, 0.15) is 45.4 Å². The molecule has 3 fully saturated rings. The second-order valence-corrected chi connectivity index (χ2v) is 6.18. The van der Waals surface area contributed by atoms with Crippen LogP contribution in [0.15, 0.2) is 0 Å². The highest BCUT2D eigenvalue weighted by atomic mass is 15.2. The predicted octanol–water partition coefficient (Wildman–Crippen LogP) is 2.25. The molecule has 2 saturated carbocycles. The Kier molecular flexibility index (Phi) is 3.21. The molecule has 0 radical (unpaired) electrons. The fourth-order valence-corrected chi connectivity index (χ4v) is 3.71. The van der Waals surface area contributed by atoms with Gasteiger partial charge >= 0.3 is 0 Å². The number of piperidine rings is 1. The van der Waals surface area contributed by atoms with Crippen LogP contribution in [-0.4, -0.2) is 36.6 Å². The molecule has 1 N–H and O–H groups in total. The van der Waals surface area contributed by atoms with Gasteiger partial charge in [0, 0.05) is 25.2 Å². The van der Waals surface area contributed by atoms with Crippen LogP contribution in [0.5, 0.6) is 0 Å². The lowest BCUT2D eigenvalue weighted by molar-refractivity contribution is 0.184. The molecule has 0 aromatic rings. The third kappa shape index (κ3) is 2.28. The summed E-state index contributed by atoms with van der Waals surface area (Å²) in [6, 6.07) is 1.76. The molecule has 3 rings (SSSR count). The highest BCUT2D eigenvalue weighted by Crippen LogP contribution is 2.39. The minimum Gasteiger partial charge on any atom is -0.312 e. The van der Waals surface area contributed by atoms with Gasteiger partial charge in [0.05, 0.1) is 0 Å². The van der Waals surface area contributed by atoms with E-state index < -0.39 is 0 Å². The van der Waals surface area contributed by atoms with Crippen LogP contribution in [0.25, 0.3) is 0 Å². The van der Waals surface area contributed by atoms with Crippen molar-refractivity contribution in [3.63, 3.8) is 0 Å². The van der Waals surface area contributed by atoms with Gasteiger partial charge in [0.25, 0.3) is 0 Å². The van der Waals surface area contributed by atoms with E-state index in [0.717, 1.165) is 23.9 Å². The highest BCUT2D eigenvalue weighted by Gasteiger charge is 2.40. The van der Waals surface area contributed by atoms with Gasteiger partial charge in [-0.2, -0.15) is 0 Å². The van der Waals surface area contributed by atoms with Gasteiger partial charge in [0.15, 0.2) is 0 Å². The fraction of sp³-hybridized carbons (Fsp3) is 1.00. The minimum atomic E-state index is 0.805. The van der Waals surface area contributed by atoms with E-state index in [4.69, 9.17) is 0 Å². The number of hydrogen-bond donors (Lipinski definition) is 1. The van der Waals surface area contributed by atoms with Crippen LogP contribution >= 0.6 is 0 Å². The van der Waals surface area contributed by atoms with Crippen molar-refractivity contribution in [3.8, 4) is 0 Å². The second-order valence-electron chi connectivity index (χ2n) is 6.18. The van der Waals surface area contributed by atoms with Crippen molar-refractivity contribution in [2.75, 3.05) is 19.6 Å². The molecular weight excluding hydrogens is 196 g/mol. The molecule has 2 nitrogen and oxygen atoms in total. The first kappa shape index (κ1) is 11.0. The van der Waals surface area contributed by atoms with Gasteiger partial charge in [-0.25, -0.2) is 0 Å². The zero-order chi connectivity index (χ0) is 11.0. The topological polar surface area (TPSA) is 15.3 Å². The summed E-state index contributed by atoms with van der Waals surface area (Å²) in [6.07, 6.45) is 8.72. The van der Waals surface area contributed by atoms with E-state index in [1.54, 1.807) is 0 Å². The van der Waals surface area contributed by atoms with Gasteiger partial charge in [-0.1, -0.05) is 6.92 Å². The normalized spacial score (nSPS) is 35.8. The first-order valence-electron chi connectivity index (χ1n) is 7.34. The van der Waals surface area contributed by atoms with Gasteiger partial charge in [0.1, 0.15) is 0 Å². The molecule has 2 aliphatic carbocycles. The summed E-state index contributed by atoms with van der Waals surface area (Å²) in [5.74, 6) is 2.06. The zero-order valence-electron chi connectivity index (χ0n) is 10.6. The monoisotopic (exact) mass is 222 g/mol. The molecule has 3 unspecified atom stereocenters. The molecule has 0 aromatic heterocycles. The third-order valence-corrected chi connectivity index (χ3v) is 4.80. The third-order valence-electron chi connectivity index (χ3n) is 4.80. The lowest BCUT2D eigenvalue weighted by Crippen LogP contribution is -2.45. The Morgan fingerprint density at radius 3 is 2.69 bits per heavy atom. The quantitative estimate of drug-likeness (QED) is 0.741. The van der Waals surface area contributed by atoms with Crippen LogP contribution < -0.4 is 5.32 Å². The Hall–Kier alpha value is -0.0800. The Labute approximate surface area is 99.8 Å². The first-order chi connectivity index (χ1) is 7.86. The van der Waals surface area contributed by atoms with E-state index in [2.05, 4.69) is 17.1 Å². The molecule has 2 heteroatoms. The van der Waals surface area contributed by atoms with Crippen LogP contribution in [0.4, 0.5) is 0 Å². The molecule has 3 aliphatic rings. The highest BCUT2D eigenvalue weighted by molar-refractivity contribution is 4.96. The van der Waals surface area contributed by atoms with Crippen molar-refractivity contribution < 1.29 is 0 Å². The molecule has 16 heavy (non-hydrogen) atoms. The minimum absolute atomic E-state index is 0.805. The van der Waals surface area contributed by atoms with Crippen molar-refractivity contribution >= 4 is 0 Å². The van der Waals surface area contributed by atoms with Gasteiger partial charge in [0.2, 0.25) is 0 Å². The number of nitrogens with one attached hydrogen (secondary N) is 1. The van der Waals surface area contributed by atoms with Crippen molar-refractivity contribution in [3.05, 3.63) is 0 Å². The average molecular weight is 222 g/mol. The van der Waals surface area contributed by atoms with Crippen molar-refractivity contribution in [2.24, 2.45) is 11.8 Å². The summed E-state index contributed by atoms with van der Waals surface area (Å²) in [5, 5.41) is 3.78. The largest absolute Gasteiger partial charge is 0.312 e. The lowest BCUT2D eigenvalue weighted by atomic mass is 10.1. The van der Waals surface area contributed by atoms with Crippen molar-refractivity contribution in [1.29, 1.82) is 0 Å². The molecule has 0 aromatic carbocycles. The van der Waals surface area contributed by atoms with E-state index in [9.17, 15) is 0 Å². The number of fused-ring (bicyclic) bond motifs is 2. The summed E-state index contributed by atoms with van der Waals surface area (Å²) in [6.45, 7) is 6.23. The molecule has 92 valence electrons. The number of hydrogen-bond acceptors (Lipinski definition) is 2. The molecule has 0 spiro atoms. The summed E-state index contributed by atoms with van der Waals surface area (Å²) >= 11 is 0. The van der Waals surface area contributed by atoms with Crippen molar-refractivity contribution in [1.82, 2.24) is 10.2 Å². The Bertz CT molecular complexity index is 237. The van der Waals surface area contributed by atoms with Crippen LogP contribution in [0.3, 0.4) is 0 Å². The Morgan fingerprint density at radius 2 is 2.12 bits per heavy atom. The van der Waals surface area contributed by atoms with Crippen LogP contribution in [0, 0.1) is 11.8 Å². The summed E-state index contributed by atoms with van der Waals surface area (Å²) in [7, 11) is 0. The maximum absolute atomic E-state index is 3.78. The summed E-state index contributed by atoms with van der Waals surface area (Å²) in [4.78, 5) is 2.79. The van der Waals surface area contributed by atoms with Gasteiger partial charge < -0.3 is 5.32 Å². The zero-order valence-corrected chi connectivity index (χ0v) is 10.6. The standard InChI is InChI=1S/C14H26N2/c1-2-7-15-14(12-4-5-12)10-16-9-11-3-6-13(16)8-11/h11-15H,2-10H2,1H3. The fourth-order valence-electron chi connectivity index (χ4n) is 3.71. The van der Waals surface area contributed by atoms with Gasteiger partial charge in [-0.05, 0) is 56.9 Å². The smallest absolute Gasteiger partial charge is 0.0223 e. The van der Waals surface area contributed by atoms with Gasteiger partial charge in [-0.3, -0.25) is 4.90 Å². The Morgan fingerprint density at radius 1 is 1.25 bits per heavy atom. The molecule has 1 saturated heterocycles. The van der Waals surface area contributed by atoms with E-state index in [1.165, 1.54) is 58.2 Å². The average Bonchev–Trinajstić information content (AvgIpc) is 2.94. The maximum atomic E-state index is 3.78. The summed E-state index contributed by atoms with van der Waals surface area (Å²) in [5.41, 5.74) is 0. The van der Waals surface area contributed by atoms with Crippen LogP contribution in [0.2, 0.25) is 0 Å². The van der Waals surface area contributed by atoms with E-state index in [0.29, 0.717) is 0 Å². The molecule has 1 aliphatic heterocycles. The molecule has 2 bridgehead atoms. The van der Waals surface area contributed by atoms with E-state index in [-0.39, 0.29) is 0 Å². The number of nitrogens with zero attached hydrogens (tertiary/aromatic N) is 1. The molecule has 0 amide bonds. The van der Waals surface area contributed by atoms with E-state index in [1.807, 2.05) is 0 Å². The number of likely N-dealkylation sites (tertiary alicyclic amines) is 1. The van der Waals surface area contributed by atoms with Crippen LogP contribution in [-0.2, 0) is 0 Å². The SMILES string of the molecule is CCCNC(CN1CC2CCC1C2)C1CC1. The predicted molar refractivity (Wildman–Crippen MR) is 67.5 cm³/mol. The number of rotatable bonds is 6. The molecule has 1 heterocycles. The molecular formula is C14H26N2. The van der Waals surface area contributed by atoms with Crippen molar-refractivity contribution in [2.45, 2.75) is 57.5 Å². The Balaban J connectivity index is 1.51. The first-order valence-corrected chi connectivity index (χ1v) is 7.34. The van der Waals surface area contributed by atoms with E-state index >= 15 is 0 Å².